The number of hydroxylamine groups is 2. The number of aromatic nitrogens is 1. The van der Waals surface area contributed by atoms with Crippen LogP contribution in [0.2, 0.25) is 0 Å². The van der Waals surface area contributed by atoms with Crippen LogP contribution in [0.5, 0.6) is 0 Å². The molecule has 3 rings (SSSR count). The van der Waals surface area contributed by atoms with Crippen LogP contribution in [0.3, 0.4) is 0 Å². The van der Waals surface area contributed by atoms with Gasteiger partial charge in [0.15, 0.2) is 0 Å². The Balaban J connectivity index is 0.00000432. The number of nitrogens with zero attached hydrogens (tertiary/aromatic N) is 2. The van der Waals surface area contributed by atoms with Crippen molar-refractivity contribution in [2.24, 2.45) is 0 Å². The van der Waals surface area contributed by atoms with Gasteiger partial charge in [-0.05, 0) is 48.1 Å². The molecular formula is C27H34ClFN2O4. The number of hydrogen-bond acceptors (Lipinski definition) is 4. The Hall–Kier alpha value is -2.71. The lowest BCUT2D eigenvalue weighted by Crippen LogP contribution is -2.32. The first kappa shape index (κ1) is 28.5. The summed E-state index contributed by atoms with van der Waals surface area (Å²) in [6.45, 7) is 7.15. The largest absolute Gasteiger partial charge is 0.481 e. The third kappa shape index (κ3) is 6.92. The Morgan fingerprint density at radius 2 is 1.69 bits per heavy atom. The Labute approximate surface area is 212 Å². The summed E-state index contributed by atoms with van der Waals surface area (Å²) in [5.74, 6) is -1.23. The predicted molar refractivity (Wildman–Crippen MR) is 138 cm³/mol. The first-order valence-corrected chi connectivity index (χ1v) is 11.6. The first-order valence-electron chi connectivity index (χ1n) is 11.6. The van der Waals surface area contributed by atoms with Gasteiger partial charge in [-0.3, -0.25) is 4.79 Å². The number of aliphatic carboxylic acids is 1. The van der Waals surface area contributed by atoms with Crippen molar-refractivity contribution in [2.45, 2.75) is 52.2 Å². The minimum absolute atomic E-state index is 0. The fraction of sp³-hybridized carbons (Fsp3) is 0.370. The van der Waals surface area contributed by atoms with E-state index in [-0.39, 0.29) is 37.2 Å². The Bertz CT molecular complexity index is 1100. The van der Waals surface area contributed by atoms with E-state index >= 15 is 0 Å². The minimum atomic E-state index is -1.16. The lowest BCUT2D eigenvalue weighted by Gasteiger charge is -2.19. The summed E-state index contributed by atoms with van der Waals surface area (Å²) >= 11 is 0. The van der Waals surface area contributed by atoms with Crippen molar-refractivity contribution in [2.75, 3.05) is 13.1 Å². The number of carboxylic acids is 1. The lowest BCUT2D eigenvalue weighted by molar-refractivity contribution is -0.143. The normalized spacial score (nSPS) is 12.1. The van der Waals surface area contributed by atoms with E-state index in [2.05, 4.69) is 37.5 Å². The van der Waals surface area contributed by atoms with Crippen LogP contribution in [0.1, 0.15) is 44.4 Å². The van der Waals surface area contributed by atoms with Crippen molar-refractivity contribution in [1.82, 2.24) is 9.63 Å². The third-order valence-corrected chi connectivity index (χ3v) is 5.90. The topological polar surface area (TPSA) is 85.9 Å². The summed E-state index contributed by atoms with van der Waals surface area (Å²) in [4.78, 5) is 10.8. The molecule has 35 heavy (non-hydrogen) atoms. The van der Waals surface area contributed by atoms with Gasteiger partial charge in [0.2, 0.25) is 0 Å². The summed E-state index contributed by atoms with van der Waals surface area (Å²) in [6, 6.07) is 16.5. The molecule has 0 amide bonds. The Morgan fingerprint density at radius 1 is 1.06 bits per heavy atom. The van der Waals surface area contributed by atoms with Gasteiger partial charge in [0.1, 0.15) is 5.82 Å². The second-order valence-corrected chi connectivity index (χ2v) is 8.77. The highest BCUT2D eigenvalue weighted by atomic mass is 35.5. The van der Waals surface area contributed by atoms with Gasteiger partial charge < -0.3 is 20.0 Å². The van der Waals surface area contributed by atoms with E-state index in [1.807, 2.05) is 18.2 Å². The molecule has 0 radical (unpaired) electrons. The maximum absolute atomic E-state index is 13.8. The highest BCUT2D eigenvalue weighted by Gasteiger charge is 2.26. The SMILES string of the molecule is CCn1c(-c2ccccc2)c(-c2ccc(F)cc2)c(CCN(O)CC(O)CC(=O)O)c1C(C)C.Cl. The van der Waals surface area contributed by atoms with Gasteiger partial charge in [0.05, 0.1) is 24.8 Å². The molecule has 8 heteroatoms. The van der Waals surface area contributed by atoms with Gasteiger partial charge >= 0.3 is 5.97 Å². The van der Waals surface area contributed by atoms with Crippen molar-refractivity contribution in [3.63, 3.8) is 0 Å². The first-order chi connectivity index (χ1) is 16.2. The number of carbonyl (C=O) groups is 1. The minimum Gasteiger partial charge on any atom is -0.481 e. The zero-order valence-electron chi connectivity index (χ0n) is 20.3. The maximum Gasteiger partial charge on any atom is 0.306 e. The van der Waals surface area contributed by atoms with Crippen LogP contribution in [-0.2, 0) is 17.8 Å². The molecule has 1 unspecified atom stereocenters. The number of aliphatic hydroxyl groups excluding tert-OH is 1. The fourth-order valence-corrected chi connectivity index (χ4v) is 4.60. The third-order valence-electron chi connectivity index (χ3n) is 5.90. The molecule has 0 aliphatic rings. The molecule has 190 valence electrons. The summed E-state index contributed by atoms with van der Waals surface area (Å²) in [7, 11) is 0. The van der Waals surface area contributed by atoms with Crippen molar-refractivity contribution in [3.8, 4) is 22.4 Å². The van der Waals surface area contributed by atoms with E-state index in [1.165, 1.54) is 12.1 Å². The van der Waals surface area contributed by atoms with E-state index in [1.54, 1.807) is 12.1 Å². The number of halogens is 2. The van der Waals surface area contributed by atoms with Crippen LogP contribution in [-0.4, -0.2) is 50.2 Å². The quantitative estimate of drug-likeness (QED) is 0.296. The number of hydrogen-bond donors (Lipinski definition) is 3. The molecule has 1 heterocycles. The van der Waals surface area contributed by atoms with Crippen LogP contribution in [0, 0.1) is 5.82 Å². The van der Waals surface area contributed by atoms with Crippen LogP contribution in [0.25, 0.3) is 22.4 Å². The Kier molecular flexibility index (Phi) is 10.5. The standard InChI is InChI=1S/C27H33FN2O4.ClH/c1-4-30-26(18(2)3)23(14-15-29(34)17-22(31)16-24(32)33)25(19-10-12-21(28)13-11-19)27(30)20-8-6-5-7-9-20;/h5-13,18,22,31,34H,4,14-17H2,1-3H3,(H,32,33);1H. The van der Waals surface area contributed by atoms with E-state index in [0.717, 1.165) is 45.2 Å². The molecule has 2 aromatic carbocycles. The highest BCUT2D eigenvalue weighted by molar-refractivity contribution is 5.86. The van der Waals surface area contributed by atoms with E-state index in [0.29, 0.717) is 6.42 Å². The molecule has 0 saturated heterocycles. The molecule has 6 nitrogen and oxygen atoms in total. The monoisotopic (exact) mass is 504 g/mol. The van der Waals surface area contributed by atoms with Crippen LogP contribution >= 0.6 is 12.4 Å². The summed E-state index contributed by atoms with van der Waals surface area (Å²) in [5.41, 5.74) is 6.17. The second-order valence-electron chi connectivity index (χ2n) is 8.77. The van der Waals surface area contributed by atoms with Crippen LogP contribution in [0.4, 0.5) is 4.39 Å². The molecule has 0 bridgehead atoms. The van der Waals surface area contributed by atoms with Crippen LogP contribution in [0.15, 0.2) is 54.6 Å². The Morgan fingerprint density at radius 3 is 2.23 bits per heavy atom. The van der Waals surface area contributed by atoms with Crippen molar-refractivity contribution >= 4 is 18.4 Å². The molecule has 1 aromatic heterocycles. The molecule has 0 spiro atoms. The molecule has 0 aliphatic heterocycles. The fourth-order valence-electron chi connectivity index (χ4n) is 4.60. The number of aliphatic hydroxyl groups is 1. The smallest absolute Gasteiger partial charge is 0.306 e. The van der Waals surface area contributed by atoms with Gasteiger partial charge in [-0.15, -0.1) is 12.4 Å². The van der Waals surface area contributed by atoms with Crippen molar-refractivity contribution in [3.05, 3.63) is 71.7 Å². The van der Waals surface area contributed by atoms with Crippen LogP contribution < -0.4 is 0 Å². The molecular weight excluding hydrogens is 471 g/mol. The zero-order valence-corrected chi connectivity index (χ0v) is 21.1. The average Bonchev–Trinajstić information content (AvgIpc) is 3.12. The molecule has 0 fully saturated rings. The van der Waals surface area contributed by atoms with E-state index < -0.39 is 18.5 Å². The van der Waals surface area contributed by atoms with Gasteiger partial charge in [0.25, 0.3) is 0 Å². The molecule has 0 aliphatic carbocycles. The summed E-state index contributed by atoms with van der Waals surface area (Å²) in [6.07, 6.45) is -1.12. The predicted octanol–water partition coefficient (Wildman–Crippen LogP) is 5.60. The maximum atomic E-state index is 13.8. The average molecular weight is 505 g/mol. The van der Waals surface area contributed by atoms with Crippen molar-refractivity contribution in [1.29, 1.82) is 0 Å². The number of carboxylic acid groups (broad SMARTS) is 1. The van der Waals surface area contributed by atoms with Gasteiger partial charge in [-0.2, -0.15) is 5.06 Å². The van der Waals surface area contributed by atoms with Gasteiger partial charge in [-0.25, -0.2) is 4.39 Å². The molecule has 3 N–H and O–H groups in total. The summed E-state index contributed by atoms with van der Waals surface area (Å²) in [5, 5.41) is 30.1. The van der Waals surface area contributed by atoms with Crippen molar-refractivity contribution < 1.29 is 24.6 Å². The molecule has 1 atom stereocenters. The van der Waals surface area contributed by atoms with E-state index in [9.17, 15) is 19.5 Å². The number of benzene rings is 2. The molecule has 0 saturated carbocycles. The zero-order chi connectivity index (χ0) is 24.8. The number of rotatable bonds is 11. The molecule has 3 aromatic rings. The second kappa shape index (κ2) is 12.8. The van der Waals surface area contributed by atoms with Gasteiger partial charge in [-0.1, -0.05) is 56.3 Å². The highest BCUT2D eigenvalue weighted by Crippen LogP contribution is 2.42. The summed E-state index contributed by atoms with van der Waals surface area (Å²) < 4.78 is 16.0. The van der Waals surface area contributed by atoms with E-state index in [4.69, 9.17) is 5.11 Å². The van der Waals surface area contributed by atoms with Gasteiger partial charge in [0, 0.05) is 24.3 Å². The lowest BCUT2D eigenvalue weighted by atomic mass is 9.93.